The molecule has 0 aliphatic carbocycles. The zero-order valence-electron chi connectivity index (χ0n) is 12.2. The zero-order valence-corrected chi connectivity index (χ0v) is 12.2. The van der Waals surface area contributed by atoms with Gasteiger partial charge in [-0.15, -0.1) is 0 Å². The Labute approximate surface area is 111 Å². The van der Waals surface area contributed by atoms with Gasteiger partial charge < -0.3 is 10.4 Å². The lowest BCUT2D eigenvalue weighted by atomic mass is 9.91. The van der Waals surface area contributed by atoms with Crippen molar-refractivity contribution in [2.75, 3.05) is 13.2 Å². The van der Waals surface area contributed by atoms with Crippen molar-refractivity contribution >= 4 is 0 Å². The van der Waals surface area contributed by atoms with Gasteiger partial charge in [0.2, 0.25) is 0 Å². The average molecular weight is 249 g/mol. The number of aliphatic hydroxyl groups excluding tert-OH is 1. The van der Waals surface area contributed by atoms with Crippen molar-refractivity contribution in [1.82, 2.24) is 5.32 Å². The van der Waals surface area contributed by atoms with Crippen molar-refractivity contribution in [3.8, 4) is 0 Å². The lowest BCUT2D eigenvalue weighted by Crippen LogP contribution is -2.43. The molecule has 0 aliphatic heterocycles. The summed E-state index contributed by atoms with van der Waals surface area (Å²) >= 11 is 0. The van der Waals surface area contributed by atoms with Gasteiger partial charge in [0.1, 0.15) is 0 Å². The quantitative estimate of drug-likeness (QED) is 0.778. The molecule has 2 nitrogen and oxygen atoms in total. The van der Waals surface area contributed by atoms with Crippen LogP contribution in [0.15, 0.2) is 24.3 Å². The Bertz CT molecular complexity index is 345. The fourth-order valence-electron chi connectivity index (χ4n) is 2.13. The second-order valence-corrected chi connectivity index (χ2v) is 5.71. The van der Waals surface area contributed by atoms with E-state index in [9.17, 15) is 5.11 Å². The summed E-state index contributed by atoms with van der Waals surface area (Å²) in [6.45, 7) is 9.70. The molecule has 102 valence electrons. The van der Waals surface area contributed by atoms with Crippen LogP contribution in [-0.4, -0.2) is 18.3 Å². The van der Waals surface area contributed by atoms with Gasteiger partial charge >= 0.3 is 0 Å². The predicted octanol–water partition coefficient (Wildman–Crippen LogP) is 3.09. The molecule has 2 heteroatoms. The van der Waals surface area contributed by atoms with Crippen LogP contribution in [0.4, 0.5) is 0 Å². The highest BCUT2D eigenvalue weighted by Gasteiger charge is 2.24. The van der Waals surface area contributed by atoms with Gasteiger partial charge in [0, 0.05) is 0 Å². The monoisotopic (exact) mass is 249 g/mol. The highest BCUT2D eigenvalue weighted by atomic mass is 16.3. The first kappa shape index (κ1) is 15.2. The van der Waals surface area contributed by atoms with Crippen LogP contribution in [0, 0.1) is 5.92 Å². The largest absolute Gasteiger partial charge is 0.394 e. The number of rotatable bonds is 7. The van der Waals surface area contributed by atoms with E-state index in [-0.39, 0.29) is 12.1 Å². The topological polar surface area (TPSA) is 32.3 Å². The molecule has 0 spiro atoms. The summed E-state index contributed by atoms with van der Waals surface area (Å²) in [7, 11) is 0. The van der Waals surface area contributed by atoms with E-state index in [4.69, 9.17) is 0 Å². The minimum Gasteiger partial charge on any atom is -0.394 e. The first-order chi connectivity index (χ1) is 8.51. The van der Waals surface area contributed by atoms with Crippen molar-refractivity contribution in [3.05, 3.63) is 35.4 Å². The van der Waals surface area contributed by atoms with Crippen LogP contribution >= 0.6 is 0 Å². The third kappa shape index (κ3) is 4.11. The maximum Gasteiger partial charge on any atom is 0.0652 e. The maximum absolute atomic E-state index is 9.62. The molecule has 0 amide bonds. The van der Waals surface area contributed by atoms with E-state index >= 15 is 0 Å². The van der Waals surface area contributed by atoms with E-state index < -0.39 is 0 Å². The highest BCUT2D eigenvalue weighted by Crippen LogP contribution is 2.21. The molecule has 0 radical (unpaired) electrons. The number of nitrogens with one attached hydrogen (secondary N) is 1. The van der Waals surface area contributed by atoms with E-state index in [2.05, 4.69) is 57.3 Å². The summed E-state index contributed by atoms with van der Waals surface area (Å²) in [5.74, 6) is 0.679. The molecule has 1 unspecified atom stereocenters. The molecular weight excluding hydrogens is 222 g/mol. The fraction of sp³-hybridized carbons (Fsp3) is 0.625. The molecule has 1 atom stereocenters. The summed E-state index contributed by atoms with van der Waals surface area (Å²) in [4.78, 5) is 0. The molecule has 2 N–H and O–H groups in total. The van der Waals surface area contributed by atoms with Gasteiger partial charge in [0.25, 0.3) is 0 Å². The molecule has 0 fully saturated rings. The van der Waals surface area contributed by atoms with Crippen molar-refractivity contribution in [2.24, 2.45) is 5.92 Å². The number of aliphatic hydroxyl groups is 1. The SMILES string of the molecule is CCCNC(C)(CO)c1ccc(CC(C)C)cc1. The summed E-state index contributed by atoms with van der Waals surface area (Å²) < 4.78 is 0. The first-order valence-electron chi connectivity index (χ1n) is 6.97. The van der Waals surface area contributed by atoms with Crippen molar-refractivity contribution < 1.29 is 5.11 Å². The van der Waals surface area contributed by atoms with Crippen LogP contribution in [-0.2, 0) is 12.0 Å². The van der Waals surface area contributed by atoms with E-state index in [1.165, 1.54) is 5.56 Å². The number of hydrogen-bond acceptors (Lipinski definition) is 2. The van der Waals surface area contributed by atoms with Gasteiger partial charge in [-0.05, 0) is 43.4 Å². The lowest BCUT2D eigenvalue weighted by Gasteiger charge is -2.29. The Morgan fingerprint density at radius 3 is 2.28 bits per heavy atom. The third-order valence-corrected chi connectivity index (χ3v) is 3.32. The molecule has 0 saturated heterocycles. The van der Waals surface area contributed by atoms with Gasteiger partial charge in [-0.3, -0.25) is 0 Å². The standard InChI is InChI=1S/C16H27NO/c1-5-10-17-16(4,12-18)15-8-6-14(7-9-15)11-13(2)3/h6-9,13,17-18H,5,10-12H2,1-4H3. The minimum atomic E-state index is -0.327. The lowest BCUT2D eigenvalue weighted by molar-refractivity contribution is 0.175. The Morgan fingerprint density at radius 1 is 1.22 bits per heavy atom. The Balaban J connectivity index is 2.81. The van der Waals surface area contributed by atoms with Crippen molar-refractivity contribution in [1.29, 1.82) is 0 Å². The molecule has 1 aromatic rings. The van der Waals surface area contributed by atoms with Gasteiger partial charge in [0.15, 0.2) is 0 Å². The Kier molecular flexibility index (Phi) is 5.83. The van der Waals surface area contributed by atoms with Crippen LogP contribution in [0.3, 0.4) is 0 Å². The van der Waals surface area contributed by atoms with Crippen LogP contribution in [0.1, 0.15) is 45.2 Å². The Morgan fingerprint density at radius 2 is 1.83 bits per heavy atom. The van der Waals surface area contributed by atoms with Crippen LogP contribution in [0.2, 0.25) is 0 Å². The smallest absolute Gasteiger partial charge is 0.0652 e. The van der Waals surface area contributed by atoms with E-state index in [1.807, 2.05) is 0 Å². The molecule has 0 bridgehead atoms. The Hall–Kier alpha value is -0.860. The number of benzene rings is 1. The van der Waals surface area contributed by atoms with Crippen LogP contribution in [0.5, 0.6) is 0 Å². The molecule has 1 aromatic carbocycles. The molecule has 1 rings (SSSR count). The average Bonchev–Trinajstić information content (AvgIpc) is 2.36. The second kappa shape index (κ2) is 6.91. The molecule has 0 aromatic heterocycles. The van der Waals surface area contributed by atoms with Crippen molar-refractivity contribution in [3.63, 3.8) is 0 Å². The summed E-state index contributed by atoms with van der Waals surface area (Å²) in [5, 5.41) is 13.0. The van der Waals surface area contributed by atoms with E-state index in [0.29, 0.717) is 5.92 Å². The van der Waals surface area contributed by atoms with Gasteiger partial charge in [-0.25, -0.2) is 0 Å². The molecular formula is C16H27NO. The molecule has 0 heterocycles. The molecule has 0 aliphatic rings. The number of hydrogen-bond donors (Lipinski definition) is 2. The molecule has 0 saturated carbocycles. The summed E-state index contributed by atoms with van der Waals surface area (Å²) in [6, 6.07) is 8.63. The normalized spacial score (nSPS) is 14.8. The van der Waals surface area contributed by atoms with Gasteiger partial charge in [-0.1, -0.05) is 45.0 Å². The van der Waals surface area contributed by atoms with Crippen LogP contribution in [0.25, 0.3) is 0 Å². The minimum absolute atomic E-state index is 0.122. The second-order valence-electron chi connectivity index (χ2n) is 5.71. The summed E-state index contributed by atoms with van der Waals surface area (Å²) in [6.07, 6.45) is 2.18. The van der Waals surface area contributed by atoms with Gasteiger partial charge in [0.05, 0.1) is 12.1 Å². The third-order valence-electron chi connectivity index (χ3n) is 3.32. The molecule has 18 heavy (non-hydrogen) atoms. The fourth-order valence-corrected chi connectivity index (χ4v) is 2.13. The van der Waals surface area contributed by atoms with Gasteiger partial charge in [-0.2, -0.15) is 0 Å². The highest BCUT2D eigenvalue weighted by molar-refractivity contribution is 5.28. The zero-order chi connectivity index (χ0) is 13.6. The van der Waals surface area contributed by atoms with E-state index in [0.717, 1.165) is 24.9 Å². The first-order valence-corrected chi connectivity index (χ1v) is 6.97. The predicted molar refractivity (Wildman–Crippen MR) is 77.7 cm³/mol. The van der Waals surface area contributed by atoms with E-state index in [1.54, 1.807) is 0 Å². The maximum atomic E-state index is 9.62. The van der Waals surface area contributed by atoms with Crippen molar-refractivity contribution in [2.45, 2.75) is 46.1 Å². The van der Waals surface area contributed by atoms with Crippen LogP contribution < -0.4 is 5.32 Å². The summed E-state index contributed by atoms with van der Waals surface area (Å²) in [5.41, 5.74) is 2.20.